The molecule has 1 fully saturated rings. The third-order valence-corrected chi connectivity index (χ3v) is 8.80. The average Bonchev–Trinajstić information content (AvgIpc) is 3.37. The first-order valence-electron chi connectivity index (χ1n) is 16.9. The van der Waals surface area contributed by atoms with E-state index in [1.807, 2.05) is 30.3 Å². The monoisotopic (exact) mass is 729 g/mol. The van der Waals surface area contributed by atoms with Crippen LogP contribution in [0.4, 0.5) is 20.2 Å². The van der Waals surface area contributed by atoms with Gasteiger partial charge >= 0.3 is 18.3 Å². The van der Waals surface area contributed by atoms with Crippen LogP contribution in [0.2, 0.25) is 0 Å². The van der Waals surface area contributed by atoms with Gasteiger partial charge in [0.2, 0.25) is 5.88 Å². The van der Waals surface area contributed by atoms with Crippen molar-refractivity contribution in [3.63, 3.8) is 0 Å². The minimum Gasteiger partial charge on any atom is -0.472 e. The number of imide groups is 1. The molecule has 15 heteroatoms. The molecular weight excluding hydrogens is 678 g/mol. The van der Waals surface area contributed by atoms with Crippen LogP contribution in [0.5, 0.6) is 5.88 Å². The number of carbonyl (C=O) groups is 3. The molecule has 3 amide bonds. The first-order valence-corrected chi connectivity index (χ1v) is 19.0. The van der Waals surface area contributed by atoms with Crippen LogP contribution < -0.4 is 9.64 Å². The maximum Gasteiger partial charge on any atom is 0.425 e. The molecule has 0 aliphatic carbocycles. The third kappa shape index (κ3) is 10.6. The Balaban J connectivity index is 1.94. The van der Waals surface area contributed by atoms with Crippen molar-refractivity contribution in [2.24, 2.45) is 0 Å². The Morgan fingerprint density at radius 3 is 1.90 bits per heavy atom. The van der Waals surface area contributed by atoms with Crippen molar-refractivity contribution in [3.05, 3.63) is 48.2 Å². The second-order valence-corrected chi connectivity index (χ2v) is 18.1. The first kappa shape index (κ1) is 39.4. The Morgan fingerprint density at radius 1 is 0.843 bits per heavy atom. The third-order valence-electron chi connectivity index (χ3n) is 7.86. The number of amides is 3. The molecule has 3 heterocycles. The van der Waals surface area contributed by atoms with Crippen molar-refractivity contribution in [2.75, 3.05) is 30.0 Å². The predicted octanol–water partition coefficient (Wildman–Crippen LogP) is 6.85. The molecule has 0 radical (unpaired) electrons. The highest BCUT2D eigenvalue weighted by Gasteiger charge is 2.44. The standard InChI is InChI=1S/C36H51N5O9S/c1-33(2,3)48-30(42)39-21-17-36(18-22-39,19-23-51(10,45)46)41-26-16-20-37-29(47-24-25-14-12-11-13-15-25)27(26)28(38-41)40(31(43)49-34(4,5)6)32(44)50-35(7,8)9/h11-16,20H,17-19,21-24H2,1-10H3. The molecule has 1 aliphatic rings. The minimum atomic E-state index is -3.44. The van der Waals surface area contributed by atoms with Gasteiger partial charge in [-0.3, -0.25) is 4.68 Å². The van der Waals surface area contributed by atoms with Crippen LogP contribution in [0.1, 0.15) is 87.1 Å². The number of carbonyl (C=O) groups excluding carboxylic acids is 3. The van der Waals surface area contributed by atoms with Crippen molar-refractivity contribution in [3.8, 4) is 5.88 Å². The van der Waals surface area contributed by atoms with Gasteiger partial charge in [0.15, 0.2) is 5.82 Å². The average molecular weight is 730 g/mol. The Labute approximate surface area is 300 Å². The highest BCUT2D eigenvalue weighted by Crippen LogP contribution is 2.42. The van der Waals surface area contributed by atoms with E-state index in [0.29, 0.717) is 18.4 Å². The van der Waals surface area contributed by atoms with E-state index in [-0.39, 0.29) is 49.0 Å². The van der Waals surface area contributed by atoms with Crippen LogP contribution in [0.15, 0.2) is 42.6 Å². The van der Waals surface area contributed by atoms with Crippen LogP contribution in [0.3, 0.4) is 0 Å². The molecule has 0 unspecified atom stereocenters. The van der Waals surface area contributed by atoms with Gasteiger partial charge in [-0.15, -0.1) is 0 Å². The molecule has 51 heavy (non-hydrogen) atoms. The van der Waals surface area contributed by atoms with Gasteiger partial charge in [-0.2, -0.15) is 10.00 Å². The summed E-state index contributed by atoms with van der Waals surface area (Å²) in [5.41, 5.74) is -2.40. The predicted molar refractivity (Wildman–Crippen MR) is 193 cm³/mol. The van der Waals surface area contributed by atoms with Gasteiger partial charge in [-0.1, -0.05) is 30.3 Å². The number of hydrogen-bond acceptors (Lipinski definition) is 11. The molecule has 0 N–H and O–H groups in total. The number of likely N-dealkylation sites (tertiary alicyclic amines) is 1. The molecule has 0 spiro atoms. The number of ether oxygens (including phenoxy) is 4. The highest BCUT2D eigenvalue weighted by atomic mass is 32.2. The van der Waals surface area contributed by atoms with E-state index in [2.05, 4.69) is 4.98 Å². The lowest BCUT2D eigenvalue weighted by atomic mass is 9.85. The Hall–Kier alpha value is -4.40. The number of hydrogen-bond donors (Lipinski definition) is 0. The van der Waals surface area contributed by atoms with Crippen molar-refractivity contribution in [2.45, 2.75) is 111 Å². The zero-order valence-corrected chi connectivity index (χ0v) is 32.1. The Kier molecular flexibility index (Phi) is 11.3. The zero-order valence-electron chi connectivity index (χ0n) is 31.3. The quantitative estimate of drug-likeness (QED) is 0.223. The minimum absolute atomic E-state index is 0.0826. The molecule has 0 bridgehead atoms. The lowest BCUT2D eigenvalue weighted by molar-refractivity contribution is 0.00994. The smallest absolute Gasteiger partial charge is 0.425 e. The molecule has 1 aromatic carbocycles. The summed E-state index contributed by atoms with van der Waals surface area (Å²) in [5.74, 6) is -0.252. The molecule has 280 valence electrons. The molecule has 3 aromatic rings. The van der Waals surface area contributed by atoms with E-state index in [9.17, 15) is 22.8 Å². The van der Waals surface area contributed by atoms with Gasteiger partial charge in [-0.25, -0.2) is 27.8 Å². The van der Waals surface area contributed by atoms with Gasteiger partial charge in [0.1, 0.15) is 38.6 Å². The second kappa shape index (κ2) is 14.7. The first-order chi connectivity index (χ1) is 23.5. The summed E-state index contributed by atoms with van der Waals surface area (Å²) in [6, 6.07) is 11.1. The number of pyridine rings is 1. The lowest BCUT2D eigenvalue weighted by Gasteiger charge is -2.42. The maximum atomic E-state index is 13.9. The number of aromatic nitrogens is 3. The van der Waals surface area contributed by atoms with Gasteiger partial charge in [0.25, 0.3) is 0 Å². The summed E-state index contributed by atoms with van der Waals surface area (Å²) >= 11 is 0. The lowest BCUT2D eigenvalue weighted by Crippen LogP contribution is -2.50. The fourth-order valence-electron chi connectivity index (χ4n) is 5.61. The van der Waals surface area contributed by atoms with Crippen LogP contribution in [0.25, 0.3) is 10.9 Å². The van der Waals surface area contributed by atoms with Gasteiger partial charge in [-0.05, 0) is 93.2 Å². The number of anilines is 1. The molecule has 2 aromatic heterocycles. The molecule has 4 rings (SSSR count). The molecule has 1 aliphatic heterocycles. The zero-order chi connectivity index (χ0) is 38.0. The van der Waals surface area contributed by atoms with E-state index in [1.54, 1.807) is 78.0 Å². The fraction of sp³-hybridized carbons (Fsp3) is 0.583. The van der Waals surface area contributed by atoms with Crippen molar-refractivity contribution in [1.82, 2.24) is 19.7 Å². The van der Waals surface area contributed by atoms with Crippen LogP contribution in [-0.2, 0) is 36.2 Å². The number of fused-ring (bicyclic) bond motifs is 1. The SMILES string of the molecule is CC(C)(C)OC(=O)N1CCC(CCS(C)(=O)=O)(n2nc(N(C(=O)OC(C)(C)C)C(=O)OC(C)(C)C)c3c(OCc4ccccc4)nccc32)CC1. The molecule has 1 saturated heterocycles. The molecular formula is C36H51N5O9S. The van der Waals surface area contributed by atoms with Gasteiger partial charge in [0.05, 0.1) is 16.8 Å². The van der Waals surface area contributed by atoms with E-state index in [1.165, 1.54) is 6.20 Å². The van der Waals surface area contributed by atoms with Crippen molar-refractivity contribution >= 4 is 44.8 Å². The summed E-state index contributed by atoms with van der Waals surface area (Å²) in [4.78, 5) is 47.7. The van der Waals surface area contributed by atoms with Gasteiger partial charge < -0.3 is 23.8 Å². The highest BCUT2D eigenvalue weighted by molar-refractivity contribution is 7.90. The van der Waals surface area contributed by atoms with Crippen molar-refractivity contribution in [1.29, 1.82) is 0 Å². The number of benzene rings is 1. The van der Waals surface area contributed by atoms with Crippen LogP contribution >= 0.6 is 0 Å². The van der Waals surface area contributed by atoms with E-state index >= 15 is 0 Å². The van der Waals surface area contributed by atoms with Crippen LogP contribution in [0, 0.1) is 0 Å². The largest absolute Gasteiger partial charge is 0.472 e. The van der Waals surface area contributed by atoms with Crippen molar-refractivity contribution < 1.29 is 41.7 Å². The maximum absolute atomic E-state index is 13.9. The topological polar surface area (TPSA) is 159 Å². The Morgan fingerprint density at radius 2 is 1.39 bits per heavy atom. The van der Waals surface area contributed by atoms with E-state index < -0.39 is 50.5 Å². The molecule has 0 saturated carbocycles. The molecule has 14 nitrogen and oxygen atoms in total. The number of rotatable bonds is 8. The number of piperidine rings is 1. The number of sulfone groups is 1. The Bertz CT molecular complexity index is 1800. The summed E-state index contributed by atoms with van der Waals surface area (Å²) < 4.78 is 50.1. The fourth-order valence-corrected chi connectivity index (χ4v) is 6.36. The van der Waals surface area contributed by atoms with Gasteiger partial charge in [0, 0.05) is 25.5 Å². The van der Waals surface area contributed by atoms with E-state index in [4.69, 9.17) is 24.0 Å². The number of nitrogens with zero attached hydrogens (tertiary/aromatic N) is 5. The summed E-state index contributed by atoms with van der Waals surface area (Å²) in [6.45, 7) is 16.0. The summed E-state index contributed by atoms with van der Waals surface area (Å²) in [5, 5.41) is 5.15. The normalized spacial score (nSPS) is 15.3. The van der Waals surface area contributed by atoms with Crippen LogP contribution in [-0.4, -0.2) is 88.3 Å². The molecule has 0 atom stereocenters. The summed E-state index contributed by atoms with van der Waals surface area (Å²) in [6.07, 6.45) is 0.847. The van der Waals surface area contributed by atoms with E-state index in [0.717, 1.165) is 16.7 Å². The second-order valence-electron chi connectivity index (χ2n) is 15.9. The summed E-state index contributed by atoms with van der Waals surface area (Å²) in [7, 11) is -3.44.